The molecular formula is C13H20N4O2. The lowest BCUT2D eigenvalue weighted by Crippen LogP contribution is -2.35. The molecule has 6 nitrogen and oxygen atoms in total. The molecule has 1 aliphatic heterocycles. The van der Waals surface area contributed by atoms with Crippen molar-refractivity contribution in [1.29, 1.82) is 0 Å². The maximum atomic E-state index is 10.9. The van der Waals surface area contributed by atoms with E-state index in [1.807, 2.05) is 0 Å². The predicted molar refractivity (Wildman–Crippen MR) is 74.3 cm³/mol. The van der Waals surface area contributed by atoms with Gasteiger partial charge in [0.2, 0.25) is 0 Å². The molecule has 0 aromatic carbocycles. The van der Waals surface area contributed by atoms with E-state index in [0.29, 0.717) is 17.3 Å². The molecule has 104 valence electrons. The number of hydrogen-bond donors (Lipinski definition) is 1. The van der Waals surface area contributed by atoms with E-state index >= 15 is 0 Å². The lowest BCUT2D eigenvalue weighted by molar-refractivity contribution is -0.385. The first-order valence-electron chi connectivity index (χ1n) is 6.59. The van der Waals surface area contributed by atoms with E-state index < -0.39 is 0 Å². The maximum absolute atomic E-state index is 10.9. The summed E-state index contributed by atoms with van der Waals surface area (Å²) in [6.07, 6.45) is 3.96. The van der Waals surface area contributed by atoms with Crippen LogP contribution in [0.3, 0.4) is 0 Å². The zero-order chi connectivity index (χ0) is 13.8. The summed E-state index contributed by atoms with van der Waals surface area (Å²) < 4.78 is 0. The highest BCUT2D eigenvalue weighted by atomic mass is 16.6. The van der Waals surface area contributed by atoms with Gasteiger partial charge in [0, 0.05) is 24.8 Å². The van der Waals surface area contributed by atoms with Crippen LogP contribution in [-0.2, 0) is 0 Å². The molecule has 0 spiro atoms. The van der Waals surface area contributed by atoms with Crippen molar-refractivity contribution in [3.8, 4) is 0 Å². The number of pyridine rings is 1. The van der Waals surface area contributed by atoms with Crippen LogP contribution in [0.25, 0.3) is 0 Å². The molecular weight excluding hydrogens is 244 g/mol. The van der Waals surface area contributed by atoms with Gasteiger partial charge in [0.1, 0.15) is 5.82 Å². The summed E-state index contributed by atoms with van der Waals surface area (Å²) in [6.45, 7) is 4.74. The summed E-state index contributed by atoms with van der Waals surface area (Å²) in [5.74, 6) is 1.17. The molecule has 1 N–H and O–H groups in total. The standard InChI is InChI=1S/C13H20N4O2/c1-10-7-14-13(6-12(10)17(18)19)15-8-11-4-3-5-16(2)9-11/h6-7,11H,3-5,8-9H2,1-2H3,(H,14,15). The highest BCUT2D eigenvalue weighted by Gasteiger charge is 2.18. The summed E-state index contributed by atoms with van der Waals surface area (Å²) in [7, 11) is 2.13. The minimum Gasteiger partial charge on any atom is -0.370 e. The van der Waals surface area contributed by atoms with Gasteiger partial charge in [0.25, 0.3) is 5.69 Å². The fourth-order valence-corrected chi connectivity index (χ4v) is 2.50. The Morgan fingerprint density at radius 1 is 1.63 bits per heavy atom. The highest BCUT2D eigenvalue weighted by Crippen LogP contribution is 2.21. The summed E-state index contributed by atoms with van der Waals surface area (Å²) in [6, 6.07) is 1.52. The van der Waals surface area contributed by atoms with Crippen molar-refractivity contribution in [2.45, 2.75) is 19.8 Å². The molecule has 1 aromatic heterocycles. The number of likely N-dealkylation sites (tertiary alicyclic amines) is 1. The van der Waals surface area contributed by atoms with Crippen molar-refractivity contribution in [2.75, 3.05) is 32.0 Å². The van der Waals surface area contributed by atoms with Crippen molar-refractivity contribution < 1.29 is 4.92 Å². The topological polar surface area (TPSA) is 71.3 Å². The van der Waals surface area contributed by atoms with Crippen molar-refractivity contribution in [2.24, 2.45) is 5.92 Å². The Kier molecular flexibility index (Phi) is 4.31. The highest BCUT2D eigenvalue weighted by molar-refractivity contribution is 5.48. The summed E-state index contributed by atoms with van der Waals surface area (Å²) in [5, 5.41) is 14.1. The van der Waals surface area contributed by atoms with Gasteiger partial charge in [0.15, 0.2) is 0 Å². The van der Waals surface area contributed by atoms with Gasteiger partial charge in [-0.05, 0) is 39.3 Å². The zero-order valence-electron chi connectivity index (χ0n) is 11.4. The fraction of sp³-hybridized carbons (Fsp3) is 0.615. The molecule has 1 atom stereocenters. The molecule has 2 heterocycles. The first-order valence-corrected chi connectivity index (χ1v) is 6.59. The van der Waals surface area contributed by atoms with Gasteiger partial charge < -0.3 is 10.2 Å². The molecule has 0 radical (unpaired) electrons. The Bertz CT molecular complexity index is 464. The molecule has 0 bridgehead atoms. The van der Waals surface area contributed by atoms with Gasteiger partial charge in [-0.3, -0.25) is 10.1 Å². The Labute approximate surface area is 113 Å². The Morgan fingerprint density at radius 2 is 2.42 bits per heavy atom. The molecule has 1 aliphatic rings. The number of hydrogen-bond acceptors (Lipinski definition) is 5. The van der Waals surface area contributed by atoms with Crippen LogP contribution in [0.2, 0.25) is 0 Å². The molecule has 1 saturated heterocycles. The first kappa shape index (κ1) is 13.7. The molecule has 1 aromatic rings. The van der Waals surface area contributed by atoms with Crippen molar-refractivity contribution >= 4 is 11.5 Å². The third-order valence-corrected chi connectivity index (χ3v) is 3.57. The third-order valence-electron chi connectivity index (χ3n) is 3.57. The average Bonchev–Trinajstić information content (AvgIpc) is 2.37. The monoisotopic (exact) mass is 264 g/mol. The summed E-state index contributed by atoms with van der Waals surface area (Å²) in [4.78, 5) is 17.0. The first-order chi connectivity index (χ1) is 9.06. The van der Waals surface area contributed by atoms with Gasteiger partial charge >= 0.3 is 0 Å². The number of nitro groups is 1. The largest absolute Gasteiger partial charge is 0.370 e. The Morgan fingerprint density at radius 3 is 3.11 bits per heavy atom. The van der Waals surface area contributed by atoms with Crippen LogP contribution in [-0.4, -0.2) is 41.5 Å². The van der Waals surface area contributed by atoms with Gasteiger partial charge in [0.05, 0.1) is 11.0 Å². The molecule has 6 heteroatoms. The summed E-state index contributed by atoms with van der Waals surface area (Å²) in [5.41, 5.74) is 0.714. The van der Waals surface area contributed by atoms with E-state index in [0.717, 1.165) is 19.6 Å². The number of aromatic nitrogens is 1. The summed E-state index contributed by atoms with van der Waals surface area (Å²) >= 11 is 0. The van der Waals surface area contributed by atoms with E-state index in [9.17, 15) is 10.1 Å². The lowest BCUT2D eigenvalue weighted by atomic mass is 9.98. The average molecular weight is 264 g/mol. The van der Waals surface area contributed by atoms with E-state index in [1.165, 1.54) is 18.9 Å². The molecule has 1 fully saturated rings. The molecule has 19 heavy (non-hydrogen) atoms. The third kappa shape index (κ3) is 3.64. The van der Waals surface area contributed by atoms with Gasteiger partial charge in [-0.2, -0.15) is 0 Å². The number of nitrogens with zero attached hydrogens (tertiary/aromatic N) is 3. The van der Waals surface area contributed by atoms with Gasteiger partial charge in [-0.1, -0.05) is 0 Å². The minimum atomic E-state index is -0.365. The molecule has 0 aliphatic carbocycles. The molecule has 0 saturated carbocycles. The lowest BCUT2D eigenvalue weighted by Gasteiger charge is -2.29. The quantitative estimate of drug-likeness (QED) is 0.665. The molecule has 2 rings (SSSR count). The van der Waals surface area contributed by atoms with Crippen LogP contribution >= 0.6 is 0 Å². The number of anilines is 1. The van der Waals surface area contributed by atoms with Crippen molar-refractivity contribution in [1.82, 2.24) is 9.88 Å². The SMILES string of the molecule is Cc1cnc(NCC2CCCN(C)C2)cc1[N+](=O)[O-]. The molecule has 0 amide bonds. The van der Waals surface area contributed by atoms with Gasteiger partial charge in [-0.15, -0.1) is 0 Å². The minimum absolute atomic E-state index is 0.123. The molecule has 1 unspecified atom stereocenters. The number of rotatable bonds is 4. The van der Waals surface area contributed by atoms with Crippen LogP contribution < -0.4 is 5.32 Å². The Balaban J connectivity index is 1.96. The Hall–Kier alpha value is -1.69. The van der Waals surface area contributed by atoms with Gasteiger partial charge in [-0.25, -0.2) is 4.98 Å². The van der Waals surface area contributed by atoms with E-state index in [1.54, 1.807) is 13.1 Å². The number of aryl methyl sites for hydroxylation is 1. The van der Waals surface area contributed by atoms with Crippen molar-refractivity contribution in [3.63, 3.8) is 0 Å². The predicted octanol–water partition coefficient (Wildman–Crippen LogP) is 2.05. The van der Waals surface area contributed by atoms with E-state index in [4.69, 9.17) is 0 Å². The number of nitrogens with one attached hydrogen (secondary N) is 1. The zero-order valence-corrected chi connectivity index (χ0v) is 11.4. The van der Waals surface area contributed by atoms with E-state index in [-0.39, 0.29) is 10.6 Å². The van der Waals surface area contributed by atoms with Crippen LogP contribution in [0, 0.1) is 23.0 Å². The second kappa shape index (κ2) is 5.97. The van der Waals surface area contributed by atoms with Crippen LogP contribution in [0.4, 0.5) is 11.5 Å². The second-order valence-corrected chi connectivity index (χ2v) is 5.26. The normalized spacial score (nSPS) is 20.2. The second-order valence-electron chi connectivity index (χ2n) is 5.26. The maximum Gasteiger partial charge on any atom is 0.277 e. The fourth-order valence-electron chi connectivity index (χ4n) is 2.50. The van der Waals surface area contributed by atoms with E-state index in [2.05, 4.69) is 22.2 Å². The van der Waals surface area contributed by atoms with Crippen LogP contribution in [0.15, 0.2) is 12.3 Å². The number of piperidine rings is 1. The van der Waals surface area contributed by atoms with Crippen molar-refractivity contribution in [3.05, 3.63) is 27.9 Å². The van der Waals surface area contributed by atoms with Crippen LogP contribution in [0.5, 0.6) is 0 Å². The van der Waals surface area contributed by atoms with Crippen LogP contribution in [0.1, 0.15) is 18.4 Å². The smallest absolute Gasteiger partial charge is 0.277 e.